The van der Waals surface area contributed by atoms with Gasteiger partial charge in [0.1, 0.15) is 5.82 Å². The van der Waals surface area contributed by atoms with Crippen molar-refractivity contribution in [3.05, 3.63) is 95.8 Å². The van der Waals surface area contributed by atoms with Gasteiger partial charge in [0, 0.05) is 69.0 Å². The minimum atomic E-state index is -1.01. The van der Waals surface area contributed by atoms with Crippen LogP contribution in [0.4, 0.5) is 4.39 Å². The van der Waals surface area contributed by atoms with Crippen LogP contribution >= 0.6 is 0 Å². The van der Waals surface area contributed by atoms with Crippen LogP contribution in [0.1, 0.15) is 22.6 Å². The maximum Gasteiger partial charge on any atom is 0.257 e. The first-order valence-electron chi connectivity index (χ1n) is 10.8. The zero-order chi connectivity index (χ0) is 22.0. The van der Waals surface area contributed by atoms with Gasteiger partial charge in [-0.2, -0.15) is 0 Å². The van der Waals surface area contributed by atoms with E-state index in [9.17, 15) is 9.18 Å². The summed E-state index contributed by atoms with van der Waals surface area (Å²) in [6, 6.07) is 14.5. The number of pyridine rings is 2. The molecule has 0 radical (unpaired) electrons. The van der Waals surface area contributed by atoms with Gasteiger partial charge in [-0.25, -0.2) is 4.39 Å². The van der Waals surface area contributed by atoms with Crippen molar-refractivity contribution in [2.75, 3.05) is 26.2 Å². The Hall–Kier alpha value is -3.16. The molecule has 0 aliphatic carbocycles. The summed E-state index contributed by atoms with van der Waals surface area (Å²) in [6.07, 6.45) is 7.00. The Morgan fingerprint density at radius 1 is 1.03 bits per heavy atom. The minimum Gasteiger partial charge on any atom is -0.361 e. The van der Waals surface area contributed by atoms with E-state index in [2.05, 4.69) is 14.9 Å². The Balaban J connectivity index is 1.45. The quantitative estimate of drug-likeness (QED) is 0.620. The van der Waals surface area contributed by atoms with Crippen LogP contribution in [0.5, 0.6) is 0 Å². The molecule has 1 aromatic carbocycles. The molecule has 2 atom stereocenters. The van der Waals surface area contributed by atoms with Crippen LogP contribution in [0.25, 0.3) is 0 Å². The molecule has 4 heterocycles. The largest absolute Gasteiger partial charge is 0.361 e. The second-order valence-electron chi connectivity index (χ2n) is 8.42. The van der Waals surface area contributed by atoms with E-state index in [0.717, 1.165) is 11.1 Å². The highest BCUT2D eigenvalue weighted by molar-refractivity contribution is 5.88. The van der Waals surface area contributed by atoms with Crippen molar-refractivity contribution in [2.45, 2.75) is 24.6 Å². The van der Waals surface area contributed by atoms with Gasteiger partial charge in [-0.3, -0.25) is 19.7 Å². The third-order valence-electron chi connectivity index (χ3n) is 6.39. The molecule has 1 spiro atoms. The van der Waals surface area contributed by atoms with Gasteiger partial charge >= 0.3 is 0 Å². The summed E-state index contributed by atoms with van der Waals surface area (Å²) in [6.45, 7) is 2.93. The third-order valence-corrected chi connectivity index (χ3v) is 6.39. The molecule has 2 aliphatic heterocycles. The number of halogens is 1. The van der Waals surface area contributed by atoms with Gasteiger partial charge < -0.3 is 9.64 Å². The molecule has 5 rings (SSSR count). The van der Waals surface area contributed by atoms with Gasteiger partial charge in [0.25, 0.3) is 5.91 Å². The fourth-order valence-corrected chi connectivity index (χ4v) is 4.85. The van der Waals surface area contributed by atoms with Crippen molar-refractivity contribution in [3.8, 4) is 0 Å². The SMILES string of the molecule is O=C1N(Cc2ccncc2)CCO[C@]12CN(Cc1ccccc1F)C[C@@H]2c1cccnc1. The summed E-state index contributed by atoms with van der Waals surface area (Å²) in [4.78, 5) is 26.2. The molecule has 0 unspecified atom stereocenters. The number of hydrogen-bond donors (Lipinski definition) is 0. The zero-order valence-corrected chi connectivity index (χ0v) is 17.7. The van der Waals surface area contributed by atoms with Crippen molar-refractivity contribution in [2.24, 2.45) is 0 Å². The number of nitrogens with zero attached hydrogens (tertiary/aromatic N) is 4. The smallest absolute Gasteiger partial charge is 0.257 e. The summed E-state index contributed by atoms with van der Waals surface area (Å²) < 4.78 is 20.6. The number of amides is 1. The van der Waals surface area contributed by atoms with Crippen molar-refractivity contribution in [1.82, 2.24) is 19.8 Å². The van der Waals surface area contributed by atoms with Crippen LogP contribution in [-0.4, -0.2) is 57.5 Å². The molecule has 2 aliphatic rings. The van der Waals surface area contributed by atoms with Gasteiger partial charge in [-0.15, -0.1) is 0 Å². The molecule has 6 nitrogen and oxygen atoms in total. The summed E-state index contributed by atoms with van der Waals surface area (Å²) in [7, 11) is 0. The van der Waals surface area contributed by atoms with E-state index < -0.39 is 5.60 Å². The summed E-state index contributed by atoms with van der Waals surface area (Å²) in [5.41, 5.74) is 1.60. The van der Waals surface area contributed by atoms with Crippen molar-refractivity contribution in [3.63, 3.8) is 0 Å². The molecule has 2 fully saturated rings. The predicted molar refractivity (Wildman–Crippen MR) is 117 cm³/mol. The van der Waals surface area contributed by atoms with E-state index in [1.54, 1.807) is 36.9 Å². The molecule has 1 amide bonds. The number of hydrogen-bond acceptors (Lipinski definition) is 5. The van der Waals surface area contributed by atoms with Gasteiger partial charge in [-0.1, -0.05) is 24.3 Å². The predicted octanol–water partition coefficient (Wildman–Crippen LogP) is 3.01. The van der Waals surface area contributed by atoms with Crippen molar-refractivity contribution < 1.29 is 13.9 Å². The topological polar surface area (TPSA) is 58.6 Å². The molecule has 164 valence electrons. The van der Waals surface area contributed by atoms with Gasteiger partial charge in [0.05, 0.1) is 6.61 Å². The van der Waals surface area contributed by atoms with E-state index >= 15 is 0 Å². The maximum atomic E-state index is 14.3. The molecule has 3 aromatic rings. The standard InChI is InChI=1S/C25H25FN4O2/c26-23-6-2-1-4-21(23)16-29-17-22(20-5-3-9-28-14-20)25(18-29)24(31)30(12-13-32-25)15-19-7-10-27-11-8-19/h1-11,14,22H,12-13,15-18H2/t22-,25+/m1/s1. The molecular formula is C25H25FN4O2. The van der Waals surface area contributed by atoms with Crippen LogP contribution in [-0.2, 0) is 22.6 Å². The summed E-state index contributed by atoms with van der Waals surface area (Å²) in [5, 5.41) is 0. The number of ether oxygens (including phenoxy) is 1. The number of benzene rings is 1. The highest BCUT2D eigenvalue weighted by Gasteiger charge is 2.57. The molecule has 0 saturated carbocycles. The van der Waals surface area contributed by atoms with Gasteiger partial charge in [-0.05, 0) is 35.4 Å². The Bertz CT molecular complexity index is 1080. The van der Waals surface area contributed by atoms with E-state index in [0.29, 0.717) is 44.9 Å². The Labute approximate surface area is 186 Å². The third kappa shape index (κ3) is 3.89. The monoisotopic (exact) mass is 432 g/mol. The summed E-state index contributed by atoms with van der Waals surface area (Å²) >= 11 is 0. The first-order chi connectivity index (χ1) is 15.7. The van der Waals surface area contributed by atoms with E-state index in [1.165, 1.54) is 6.07 Å². The lowest BCUT2D eigenvalue weighted by atomic mass is 9.83. The van der Waals surface area contributed by atoms with Gasteiger partial charge in [0.15, 0.2) is 5.60 Å². The molecule has 2 saturated heterocycles. The average molecular weight is 432 g/mol. The van der Waals surface area contributed by atoms with E-state index in [1.807, 2.05) is 35.2 Å². The molecular weight excluding hydrogens is 407 g/mol. The van der Waals surface area contributed by atoms with Crippen molar-refractivity contribution >= 4 is 5.91 Å². The minimum absolute atomic E-state index is 0.0227. The molecule has 32 heavy (non-hydrogen) atoms. The van der Waals surface area contributed by atoms with Crippen molar-refractivity contribution in [1.29, 1.82) is 0 Å². The highest BCUT2D eigenvalue weighted by atomic mass is 19.1. The second kappa shape index (κ2) is 8.76. The molecule has 0 N–H and O–H groups in total. The van der Waals surface area contributed by atoms with E-state index in [-0.39, 0.29) is 17.6 Å². The Morgan fingerprint density at radius 2 is 1.88 bits per heavy atom. The normalized spacial score (nSPS) is 23.7. The number of rotatable bonds is 5. The fraction of sp³-hybridized carbons (Fsp3) is 0.320. The lowest BCUT2D eigenvalue weighted by Gasteiger charge is -2.42. The Kier molecular flexibility index (Phi) is 5.68. The maximum absolute atomic E-state index is 14.3. The molecule has 2 aromatic heterocycles. The number of likely N-dealkylation sites (tertiary alicyclic amines) is 1. The second-order valence-corrected chi connectivity index (χ2v) is 8.42. The van der Waals surface area contributed by atoms with E-state index in [4.69, 9.17) is 4.74 Å². The number of carbonyl (C=O) groups excluding carboxylic acids is 1. The first-order valence-corrected chi connectivity index (χ1v) is 10.8. The van der Waals surface area contributed by atoms with Crippen LogP contribution in [0.3, 0.4) is 0 Å². The van der Waals surface area contributed by atoms with Crippen LogP contribution in [0.15, 0.2) is 73.3 Å². The number of aromatic nitrogens is 2. The highest BCUT2D eigenvalue weighted by Crippen LogP contribution is 2.42. The Morgan fingerprint density at radius 3 is 2.66 bits per heavy atom. The van der Waals surface area contributed by atoms with Crippen LogP contribution in [0, 0.1) is 5.82 Å². The fourth-order valence-electron chi connectivity index (χ4n) is 4.85. The zero-order valence-electron chi connectivity index (χ0n) is 17.7. The van der Waals surface area contributed by atoms with Crippen LogP contribution < -0.4 is 0 Å². The van der Waals surface area contributed by atoms with Gasteiger partial charge in [0.2, 0.25) is 0 Å². The van der Waals surface area contributed by atoms with Crippen LogP contribution in [0.2, 0.25) is 0 Å². The average Bonchev–Trinajstić information content (AvgIpc) is 3.18. The lowest BCUT2D eigenvalue weighted by molar-refractivity contribution is -0.173. The summed E-state index contributed by atoms with van der Waals surface area (Å²) in [5.74, 6) is -0.442. The molecule has 0 bridgehead atoms. The number of carbonyl (C=O) groups is 1. The molecule has 7 heteroatoms. The first kappa shape index (κ1) is 20.7. The lowest BCUT2D eigenvalue weighted by Crippen LogP contribution is -2.59. The number of morpholine rings is 1.